The van der Waals surface area contributed by atoms with Crippen LogP contribution >= 0.6 is 22.7 Å². The van der Waals surface area contributed by atoms with E-state index >= 15 is 0 Å². The normalized spacial score (nSPS) is 14.8. The lowest BCUT2D eigenvalue weighted by molar-refractivity contribution is -0.125. The van der Waals surface area contributed by atoms with E-state index in [1.54, 1.807) is 58.9 Å². The number of hydrazine groups is 1. The van der Waals surface area contributed by atoms with Gasteiger partial charge in [0.2, 0.25) is 0 Å². The maximum Gasteiger partial charge on any atom is 0.267 e. The van der Waals surface area contributed by atoms with Gasteiger partial charge >= 0.3 is 0 Å². The third kappa shape index (κ3) is 6.46. The Balaban J connectivity index is 1.29. The van der Waals surface area contributed by atoms with Crippen LogP contribution in [0.25, 0.3) is 0 Å². The second-order valence-electron chi connectivity index (χ2n) is 8.41. The number of rotatable bonds is 8. The van der Waals surface area contributed by atoms with Crippen LogP contribution in [0.3, 0.4) is 0 Å². The van der Waals surface area contributed by atoms with Gasteiger partial charge in [0, 0.05) is 45.7 Å². The van der Waals surface area contributed by atoms with Gasteiger partial charge in [0.05, 0.1) is 22.8 Å². The number of carbonyl (C=O) groups is 4. The van der Waals surface area contributed by atoms with Gasteiger partial charge in [-0.2, -0.15) is 0 Å². The summed E-state index contributed by atoms with van der Waals surface area (Å²) in [5.41, 5.74) is 5.73. The fraction of sp³-hybridized carbons (Fsp3) is 0.231. The van der Waals surface area contributed by atoms with Crippen LogP contribution in [0.15, 0.2) is 72.4 Å². The molecule has 0 aromatic carbocycles. The van der Waals surface area contributed by atoms with Crippen molar-refractivity contribution in [3.05, 3.63) is 91.9 Å². The Bertz CT molecular complexity index is 1210. The van der Waals surface area contributed by atoms with Crippen LogP contribution in [0, 0.1) is 13.8 Å². The van der Waals surface area contributed by atoms with Gasteiger partial charge in [0.15, 0.2) is 11.6 Å². The Kier molecular flexibility index (Phi) is 7.97. The van der Waals surface area contributed by atoms with Crippen LogP contribution in [-0.2, 0) is 9.59 Å². The molecule has 4 rings (SSSR count). The molecule has 0 fully saturated rings. The summed E-state index contributed by atoms with van der Waals surface area (Å²) in [6.07, 6.45) is 11.1. The van der Waals surface area contributed by atoms with E-state index in [-0.39, 0.29) is 24.7 Å². The van der Waals surface area contributed by atoms with E-state index in [2.05, 4.69) is 10.9 Å². The van der Waals surface area contributed by atoms with Gasteiger partial charge in [-0.1, -0.05) is 12.2 Å². The lowest BCUT2D eigenvalue weighted by Gasteiger charge is -2.21. The average molecular weight is 523 g/mol. The highest BCUT2D eigenvalue weighted by Gasteiger charge is 2.19. The van der Waals surface area contributed by atoms with E-state index in [4.69, 9.17) is 0 Å². The number of aryl methyl sites for hydroxylation is 2. The first kappa shape index (κ1) is 25.3. The molecular formula is C26H26N4O4S2. The summed E-state index contributed by atoms with van der Waals surface area (Å²) < 4.78 is 0. The molecule has 2 aliphatic heterocycles. The van der Waals surface area contributed by atoms with Gasteiger partial charge in [0.25, 0.3) is 11.8 Å². The van der Waals surface area contributed by atoms with Gasteiger partial charge in [-0.05, 0) is 51.0 Å². The Morgan fingerprint density at radius 2 is 1.14 bits per heavy atom. The zero-order valence-corrected chi connectivity index (χ0v) is 21.6. The second-order valence-corrected chi connectivity index (χ2v) is 11.0. The van der Waals surface area contributed by atoms with E-state index in [0.29, 0.717) is 33.7 Å². The molecule has 2 aliphatic rings. The van der Waals surface area contributed by atoms with Crippen LogP contribution < -0.4 is 10.9 Å². The summed E-state index contributed by atoms with van der Waals surface area (Å²) in [7, 11) is 0. The predicted molar refractivity (Wildman–Crippen MR) is 140 cm³/mol. The number of allylic oxidation sites excluding steroid dienone is 2. The van der Waals surface area contributed by atoms with E-state index in [1.807, 2.05) is 26.0 Å². The van der Waals surface area contributed by atoms with Crippen molar-refractivity contribution < 1.29 is 19.2 Å². The monoisotopic (exact) mass is 522 g/mol. The molecule has 0 saturated heterocycles. The van der Waals surface area contributed by atoms with Crippen LogP contribution in [0.4, 0.5) is 0 Å². The zero-order chi connectivity index (χ0) is 25.7. The molecule has 2 aromatic rings. The number of nitrogens with one attached hydrogen (secondary N) is 2. The summed E-state index contributed by atoms with van der Waals surface area (Å²) in [5, 5.41) is 0. The molecule has 2 aromatic heterocycles. The molecule has 0 bridgehead atoms. The van der Waals surface area contributed by atoms with Crippen molar-refractivity contribution in [3.63, 3.8) is 0 Å². The number of hydrogen-bond donors (Lipinski definition) is 2. The topological polar surface area (TPSA) is 98.8 Å². The quantitative estimate of drug-likeness (QED) is 0.404. The zero-order valence-electron chi connectivity index (χ0n) is 19.9. The first-order chi connectivity index (χ1) is 17.3. The minimum absolute atomic E-state index is 0.0292. The van der Waals surface area contributed by atoms with Gasteiger partial charge in [-0.15, -0.1) is 22.7 Å². The third-order valence-corrected chi connectivity index (χ3v) is 7.55. The largest absolute Gasteiger partial charge is 0.346 e. The SMILES string of the molecule is Cc1ccc(C(=O)CN2C=CCC(C(=O)NNC(=O)C3=CN(CC(=O)c4ccc(C)s4)C=CC3)=C2)s1. The molecule has 10 heteroatoms. The molecule has 0 radical (unpaired) electrons. The lowest BCUT2D eigenvalue weighted by Crippen LogP contribution is -2.44. The second kappa shape index (κ2) is 11.3. The first-order valence-corrected chi connectivity index (χ1v) is 13.0. The highest BCUT2D eigenvalue weighted by atomic mass is 32.1. The summed E-state index contributed by atoms with van der Waals surface area (Å²) in [5.74, 6) is -0.967. The first-order valence-electron chi connectivity index (χ1n) is 11.3. The van der Waals surface area contributed by atoms with Crippen LogP contribution in [-0.4, -0.2) is 46.3 Å². The van der Waals surface area contributed by atoms with Gasteiger partial charge in [-0.25, -0.2) is 0 Å². The maximum atomic E-state index is 12.6. The molecule has 0 aliphatic carbocycles. The molecule has 4 heterocycles. The Morgan fingerprint density at radius 3 is 1.50 bits per heavy atom. The van der Waals surface area contributed by atoms with Crippen molar-refractivity contribution in [1.82, 2.24) is 20.7 Å². The van der Waals surface area contributed by atoms with Gasteiger partial charge in [0.1, 0.15) is 0 Å². The molecule has 0 saturated carbocycles. The number of Topliss-reactive ketones (excluding diaryl/α,β-unsaturated/α-hetero) is 2. The van der Waals surface area contributed by atoms with Crippen molar-refractivity contribution in [1.29, 1.82) is 0 Å². The van der Waals surface area contributed by atoms with Crippen LogP contribution in [0.2, 0.25) is 0 Å². The van der Waals surface area contributed by atoms with Crippen molar-refractivity contribution in [2.75, 3.05) is 13.1 Å². The predicted octanol–water partition coefficient (Wildman–Crippen LogP) is 3.85. The highest BCUT2D eigenvalue weighted by Crippen LogP contribution is 2.19. The summed E-state index contributed by atoms with van der Waals surface area (Å²) >= 11 is 2.88. The van der Waals surface area contributed by atoms with Crippen molar-refractivity contribution >= 4 is 46.1 Å². The average Bonchev–Trinajstić information content (AvgIpc) is 3.51. The molecule has 0 spiro atoms. The van der Waals surface area contributed by atoms with Gasteiger partial charge in [-0.3, -0.25) is 30.0 Å². The number of thiophene rings is 2. The highest BCUT2D eigenvalue weighted by molar-refractivity contribution is 7.14. The Hall–Kier alpha value is -3.76. The minimum atomic E-state index is -0.454. The van der Waals surface area contributed by atoms with E-state index in [0.717, 1.165) is 9.75 Å². The summed E-state index contributed by atoms with van der Waals surface area (Å²) in [6, 6.07) is 7.41. The van der Waals surface area contributed by atoms with E-state index in [1.165, 1.54) is 22.7 Å². The third-order valence-electron chi connectivity index (χ3n) is 5.47. The molecule has 2 N–H and O–H groups in total. The van der Waals surface area contributed by atoms with E-state index in [9.17, 15) is 19.2 Å². The number of ketones is 2. The maximum absolute atomic E-state index is 12.6. The standard InChI is InChI=1S/C26H26N4O4S2/c1-17-7-9-23(35-17)21(31)15-29-11-3-5-19(13-29)25(33)27-28-26(34)20-6-4-12-30(14-20)16-22(32)24-10-8-18(2)36-24/h3-4,7-14H,5-6,15-16H2,1-2H3,(H,27,33)(H,28,34). The lowest BCUT2D eigenvalue weighted by atomic mass is 10.1. The fourth-order valence-electron chi connectivity index (χ4n) is 3.65. The Labute approximate surface area is 217 Å². The van der Waals surface area contributed by atoms with Crippen molar-refractivity contribution in [2.24, 2.45) is 0 Å². The van der Waals surface area contributed by atoms with Gasteiger partial charge < -0.3 is 9.80 Å². The molecule has 2 amide bonds. The molecular weight excluding hydrogens is 496 g/mol. The van der Waals surface area contributed by atoms with E-state index < -0.39 is 11.8 Å². The van der Waals surface area contributed by atoms with Crippen LogP contribution in [0.5, 0.6) is 0 Å². The minimum Gasteiger partial charge on any atom is -0.346 e. The number of hydrogen-bond acceptors (Lipinski definition) is 8. The number of amides is 2. The number of nitrogens with zero attached hydrogens (tertiary/aromatic N) is 2. The summed E-state index contributed by atoms with van der Waals surface area (Å²) in [6.45, 7) is 4.14. The fourth-order valence-corrected chi connectivity index (χ4v) is 5.25. The summed E-state index contributed by atoms with van der Waals surface area (Å²) in [4.78, 5) is 57.0. The molecule has 0 atom stereocenters. The van der Waals surface area contributed by atoms with Crippen molar-refractivity contribution in [3.8, 4) is 0 Å². The molecule has 36 heavy (non-hydrogen) atoms. The molecule has 0 unspecified atom stereocenters. The van der Waals surface area contributed by atoms with Crippen molar-refractivity contribution in [2.45, 2.75) is 26.7 Å². The Morgan fingerprint density at radius 1 is 0.722 bits per heavy atom. The molecule has 8 nitrogen and oxygen atoms in total. The van der Waals surface area contributed by atoms with Crippen LogP contribution in [0.1, 0.15) is 41.9 Å². The molecule has 186 valence electrons. The number of carbonyl (C=O) groups excluding carboxylic acids is 4. The smallest absolute Gasteiger partial charge is 0.267 e.